The third kappa shape index (κ3) is 4.74. The first-order valence-electron chi connectivity index (χ1n) is 10.2. The van der Waals surface area contributed by atoms with Gasteiger partial charge in [-0.1, -0.05) is 16.8 Å². The molecule has 0 radical (unpaired) electrons. The lowest BCUT2D eigenvalue weighted by Gasteiger charge is -2.11. The van der Waals surface area contributed by atoms with Crippen molar-refractivity contribution < 1.29 is 17.7 Å². The van der Waals surface area contributed by atoms with Gasteiger partial charge in [-0.25, -0.2) is 13.1 Å². The molecule has 2 aromatic heterocycles. The zero-order valence-corrected chi connectivity index (χ0v) is 20.2. The summed E-state index contributed by atoms with van der Waals surface area (Å²) < 4.78 is 40.8. The van der Waals surface area contributed by atoms with E-state index in [4.69, 9.17) is 20.9 Å². The van der Waals surface area contributed by atoms with E-state index in [2.05, 4.69) is 15.0 Å². The quantitative estimate of drug-likeness (QED) is 0.389. The zero-order chi connectivity index (χ0) is 23.8. The summed E-state index contributed by atoms with van der Waals surface area (Å²) in [5.74, 6) is 1.31. The zero-order valence-electron chi connectivity index (χ0n) is 18.6. The highest BCUT2D eigenvalue weighted by Crippen LogP contribution is 2.25. The molecule has 0 unspecified atom stereocenters. The number of hydrogen-bond acceptors (Lipinski definition) is 6. The van der Waals surface area contributed by atoms with E-state index in [0.717, 1.165) is 22.6 Å². The molecule has 0 fully saturated rings. The summed E-state index contributed by atoms with van der Waals surface area (Å²) in [6.07, 6.45) is 0. The number of nitrogens with zero attached hydrogens (tertiary/aromatic N) is 3. The van der Waals surface area contributed by atoms with Crippen LogP contribution in [0.1, 0.15) is 28.4 Å². The van der Waals surface area contributed by atoms with E-state index >= 15 is 0 Å². The molecule has 0 saturated heterocycles. The Bertz CT molecular complexity index is 1370. The fraction of sp³-hybridized carbons (Fsp3) is 0.217. The molecule has 4 aromatic rings. The molecule has 0 aliphatic carbocycles. The number of aromatic nitrogens is 3. The van der Waals surface area contributed by atoms with Crippen molar-refractivity contribution in [1.29, 1.82) is 0 Å². The maximum atomic E-state index is 12.8. The third-order valence-electron chi connectivity index (χ3n) is 5.27. The molecule has 172 valence electrons. The predicted octanol–water partition coefficient (Wildman–Crippen LogP) is 5.13. The van der Waals surface area contributed by atoms with Crippen LogP contribution in [0.4, 0.5) is 5.69 Å². The average molecular weight is 487 g/mol. The summed E-state index contributed by atoms with van der Waals surface area (Å²) in [6, 6.07) is 13.1. The number of aryl methyl sites for hydroxylation is 3. The number of anilines is 1. The molecule has 33 heavy (non-hydrogen) atoms. The van der Waals surface area contributed by atoms with Crippen LogP contribution in [0.5, 0.6) is 5.75 Å². The van der Waals surface area contributed by atoms with Crippen molar-refractivity contribution in [1.82, 2.24) is 14.9 Å². The SMILES string of the molecule is Cc1nn(-c2ccc(S(=O)(=O)Nc3ccc(OCc4c(C)noc4C)cc3)cc2)c(C)c1Cl. The number of benzene rings is 2. The Morgan fingerprint density at radius 1 is 1.00 bits per heavy atom. The first-order valence-corrected chi connectivity index (χ1v) is 12.0. The highest BCUT2D eigenvalue weighted by Gasteiger charge is 2.16. The third-order valence-corrected chi connectivity index (χ3v) is 7.21. The Hall–Kier alpha value is -3.30. The van der Waals surface area contributed by atoms with E-state index in [-0.39, 0.29) is 4.90 Å². The van der Waals surface area contributed by atoms with Crippen LogP contribution in [0.15, 0.2) is 57.9 Å². The second kappa shape index (κ2) is 8.92. The standard InChI is InChI=1S/C23H23ClN4O4S/c1-14-22(17(4)32-26-14)13-31-20-9-5-18(6-10-20)27-33(29,30)21-11-7-19(8-12-21)28-16(3)23(24)15(2)25-28/h5-12,27H,13H2,1-4H3. The topological polar surface area (TPSA) is 99.2 Å². The van der Waals surface area contributed by atoms with Crippen molar-refractivity contribution in [3.8, 4) is 11.4 Å². The van der Waals surface area contributed by atoms with Crippen molar-refractivity contribution in [2.45, 2.75) is 39.2 Å². The number of rotatable bonds is 7. The second-order valence-corrected chi connectivity index (χ2v) is 9.67. The van der Waals surface area contributed by atoms with Crippen molar-refractivity contribution in [3.63, 3.8) is 0 Å². The largest absolute Gasteiger partial charge is 0.489 e. The van der Waals surface area contributed by atoms with Crippen LogP contribution in [0, 0.1) is 27.7 Å². The summed E-state index contributed by atoms with van der Waals surface area (Å²) in [6.45, 7) is 7.68. The molecular weight excluding hydrogens is 464 g/mol. The fourth-order valence-corrected chi connectivity index (χ4v) is 4.51. The molecule has 2 heterocycles. The Labute approximate surface area is 197 Å². The van der Waals surface area contributed by atoms with Gasteiger partial charge in [0.1, 0.15) is 18.1 Å². The number of halogens is 1. The lowest BCUT2D eigenvalue weighted by atomic mass is 10.2. The molecule has 10 heteroatoms. The molecule has 4 rings (SSSR count). The number of ether oxygens (including phenoxy) is 1. The lowest BCUT2D eigenvalue weighted by Crippen LogP contribution is -2.13. The van der Waals surface area contributed by atoms with Gasteiger partial charge in [0.15, 0.2) is 0 Å². The van der Waals surface area contributed by atoms with Gasteiger partial charge in [0.05, 0.1) is 38.3 Å². The van der Waals surface area contributed by atoms with Gasteiger partial charge in [-0.05, 0) is 76.2 Å². The first-order chi connectivity index (χ1) is 15.7. The molecule has 8 nitrogen and oxygen atoms in total. The van der Waals surface area contributed by atoms with Crippen molar-refractivity contribution in [3.05, 3.63) is 82.0 Å². The Morgan fingerprint density at radius 2 is 1.67 bits per heavy atom. The highest BCUT2D eigenvalue weighted by atomic mass is 35.5. The minimum absolute atomic E-state index is 0.137. The lowest BCUT2D eigenvalue weighted by molar-refractivity contribution is 0.302. The molecule has 0 aliphatic heterocycles. The average Bonchev–Trinajstić information content (AvgIpc) is 3.25. The minimum Gasteiger partial charge on any atom is -0.489 e. The summed E-state index contributed by atoms with van der Waals surface area (Å²) in [5.41, 5.74) is 4.33. The summed E-state index contributed by atoms with van der Waals surface area (Å²) in [5, 5.41) is 8.88. The van der Waals surface area contributed by atoms with E-state index in [0.29, 0.717) is 34.5 Å². The highest BCUT2D eigenvalue weighted by molar-refractivity contribution is 7.92. The number of hydrogen-bond donors (Lipinski definition) is 1. The van der Waals surface area contributed by atoms with E-state index in [9.17, 15) is 8.42 Å². The summed E-state index contributed by atoms with van der Waals surface area (Å²) >= 11 is 6.21. The molecule has 0 amide bonds. The molecule has 0 aliphatic rings. The van der Waals surface area contributed by atoms with E-state index in [1.165, 1.54) is 12.1 Å². The molecule has 2 aromatic carbocycles. The minimum atomic E-state index is -3.76. The van der Waals surface area contributed by atoms with Crippen molar-refractivity contribution in [2.24, 2.45) is 0 Å². The Morgan fingerprint density at radius 3 is 2.21 bits per heavy atom. The smallest absolute Gasteiger partial charge is 0.261 e. The predicted molar refractivity (Wildman–Crippen MR) is 126 cm³/mol. The van der Waals surface area contributed by atoms with Gasteiger partial charge in [0.2, 0.25) is 0 Å². The Kier molecular flexibility index (Phi) is 6.18. The fourth-order valence-electron chi connectivity index (χ4n) is 3.34. The van der Waals surface area contributed by atoms with Gasteiger partial charge in [-0.2, -0.15) is 5.10 Å². The van der Waals surface area contributed by atoms with Crippen molar-refractivity contribution >= 4 is 27.3 Å². The van der Waals surface area contributed by atoms with Crippen molar-refractivity contribution in [2.75, 3.05) is 4.72 Å². The van der Waals surface area contributed by atoms with Gasteiger partial charge in [-0.15, -0.1) is 0 Å². The van der Waals surface area contributed by atoms with Crippen LogP contribution in [0.2, 0.25) is 5.02 Å². The summed E-state index contributed by atoms with van der Waals surface area (Å²) in [4.78, 5) is 0.137. The molecule has 0 atom stereocenters. The molecule has 1 N–H and O–H groups in total. The first kappa shape index (κ1) is 22.9. The normalized spacial score (nSPS) is 11.5. The molecule has 0 spiro atoms. The van der Waals surface area contributed by atoms with Crippen LogP contribution in [-0.2, 0) is 16.6 Å². The van der Waals surface area contributed by atoms with Gasteiger partial charge in [0.25, 0.3) is 10.0 Å². The Balaban J connectivity index is 1.44. The molecule has 0 bridgehead atoms. The van der Waals surface area contributed by atoms with Gasteiger partial charge < -0.3 is 9.26 Å². The van der Waals surface area contributed by atoms with E-state index in [1.807, 2.05) is 27.7 Å². The van der Waals surface area contributed by atoms with Gasteiger partial charge in [0, 0.05) is 5.69 Å². The number of nitrogens with one attached hydrogen (secondary N) is 1. The molecular formula is C23H23ClN4O4S. The van der Waals surface area contributed by atoms with E-state index < -0.39 is 10.0 Å². The van der Waals surface area contributed by atoms with Gasteiger partial charge in [-0.3, -0.25) is 4.72 Å². The maximum absolute atomic E-state index is 12.8. The number of sulfonamides is 1. The van der Waals surface area contributed by atoms with Crippen LogP contribution in [0.3, 0.4) is 0 Å². The van der Waals surface area contributed by atoms with E-state index in [1.54, 1.807) is 41.1 Å². The molecule has 0 saturated carbocycles. The van der Waals surface area contributed by atoms with Crippen LogP contribution >= 0.6 is 11.6 Å². The maximum Gasteiger partial charge on any atom is 0.261 e. The monoisotopic (exact) mass is 486 g/mol. The van der Waals surface area contributed by atoms with Crippen LogP contribution in [-0.4, -0.2) is 23.4 Å². The van der Waals surface area contributed by atoms with Gasteiger partial charge >= 0.3 is 0 Å². The summed E-state index contributed by atoms with van der Waals surface area (Å²) in [7, 11) is -3.76. The van der Waals surface area contributed by atoms with Crippen LogP contribution in [0.25, 0.3) is 5.69 Å². The van der Waals surface area contributed by atoms with Crippen LogP contribution < -0.4 is 9.46 Å². The second-order valence-electron chi connectivity index (χ2n) is 7.61.